The van der Waals surface area contributed by atoms with Gasteiger partial charge in [-0.2, -0.15) is 0 Å². The van der Waals surface area contributed by atoms with Crippen LogP contribution in [0.2, 0.25) is 0 Å². The van der Waals surface area contributed by atoms with Crippen LogP contribution in [0.1, 0.15) is 354 Å². The molecule has 12 heteroatoms. The molecule has 0 unspecified atom stereocenters. The number of anilines is 12. The Kier molecular flexibility index (Phi) is 38.4. The summed E-state index contributed by atoms with van der Waals surface area (Å²) in [5.74, 6) is 14.6. The predicted octanol–water partition coefficient (Wildman–Crippen LogP) is 31.2. The molecule has 0 aromatic heterocycles. The maximum atomic E-state index is 5.94. The maximum Gasteiger partial charge on any atom is 0.0340 e. The lowest BCUT2D eigenvalue weighted by molar-refractivity contribution is 0.150. The number of nitrogens with two attached hydrogens (primary N) is 12. The molecule has 0 amide bonds. The van der Waals surface area contributed by atoms with Crippen LogP contribution in [0, 0.1) is 77.9 Å². The van der Waals surface area contributed by atoms with E-state index in [9.17, 15) is 0 Å². The first kappa shape index (κ1) is 104. The minimum Gasteiger partial charge on any atom is -0.399 e. The first-order valence-electron chi connectivity index (χ1n) is 54.4. The molecular weight excluding hydrogens is 1690 g/mol. The zero-order valence-corrected chi connectivity index (χ0v) is 85.7. The Labute approximate surface area is 837 Å². The maximum absolute atomic E-state index is 5.94. The molecule has 8 aliphatic carbocycles. The quantitative estimate of drug-likeness (QED) is 0.0317. The van der Waals surface area contributed by atoms with Crippen LogP contribution >= 0.6 is 0 Å². The lowest BCUT2D eigenvalue weighted by atomic mass is 9.68. The third kappa shape index (κ3) is 33.3. The highest BCUT2D eigenvalue weighted by atomic mass is 14.6. The van der Waals surface area contributed by atoms with E-state index in [-0.39, 0.29) is 0 Å². The molecule has 139 heavy (non-hydrogen) atoms. The molecule has 12 nitrogen and oxygen atoms in total. The summed E-state index contributed by atoms with van der Waals surface area (Å²) in [6.45, 7) is 14.1. The average molecular weight is 1870 g/mol. The molecule has 11 aromatic rings. The highest BCUT2D eigenvalue weighted by molar-refractivity contribution is 5.73. The number of hydrogen-bond acceptors (Lipinski definition) is 12. The number of benzene rings is 11. The van der Waals surface area contributed by atoms with Crippen LogP contribution < -0.4 is 68.8 Å². The monoisotopic (exact) mass is 1870 g/mol. The van der Waals surface area contributed by atoms with E-state index >= 15 is 0 Å². The van der Waals surface area contributed by atoms with Crippen molar-refractivity contribution in [2.45, 2.75) is 316 Å². The SMILES string of the molecule is CC1CCC(C2CCC(Cc3cc(N)cc(N)c3)CC2)CC1.CC1CCC(C2CCC(c3ccc(Cc4cc(N)cc(N)c4)cc3)CC2)CC1.CC1CCC(CCC2CCC(c3ccc(Cc4cc(N)cc(N)c4)cc3)CC2)CC1.CC1CCC(c2ccc(-c3cc(N)cc(N)c3)cc2)CC1.CC1CCC(c2ccc(Cc3cc(N)cc(N)c3)cc2)CC1.Cc1ccc(Cc2cc(N)cc(N)c2)cc1. The highest BCUT2D eigenvalue weighted by Crippen LogP contribution is 2.48. The fourth-order valence-corrected chi connectivity index (χ4v) is 25.1. The van der Waals surface area contributed by atoms with Gasteiger partial charge in [-0.15, -0.1) is 0 Å². The second-order valence-electron chi connectivity index (χ2n) is 45.4. The normalized spacial score (nSPS) is 24.7. The summed E-state index contributed by atoms with van der Waals surface area (Å²) in [6.07, 6.45) is 53.1. The standard InChI is InChI=1S/C28H40N2.C26H36N2.C20H32N2.C20H26N2.C19H24N2.C14H16N2/c1-20-2-4-21(5-3-20)6-7-22-8-12-25(13-9-22)26-14-10-23(11-15-26)16-24-17-27(29)19-28(30)18-24;1-18-2-6-21(7-3-18)23-10-12-24(13-11-23)22-8-4-19(5-9-22)14-20-15-25(27)17-26(28)16-20;2*1-14-2-6-17(7-3-14)18-8-4-15(5-9-18)10-16-11-19(21)13-20(22)12-16;1-13-2-4-14(5-3-13)15-6-8-16(9-7-15)17-10-18(20)12-19(21)11-17;1-10-2-4-11(5-3-10)6-12-7-13(15)9-14(16)8-12/h10-11,14-15,17-22,25H,2-9,12-13,16,29-30H2,1H3;4-5,8-9,15-18,21,23-24H,2-3,6-7,10-14,27-28H2,1H3;11-15,17-18H,2-10,21-22H2,1H3;4-5,8-9,11-14,17H,2-3,6-7,10,21-22H2,1H3;6-14H,2-5,20-21H2,1H3;2-5,7-9H,6,15-16H2,1H3. The van der Waals surface area contributed by atoms with Gasteiger partial charge in [0.25, 0.3) is 0 Å². The molecule has 11 aromatic carbocycles. The summed E-state index contributed by atoms with van der Waals surface area (Å²) < 4.78 is 0. The van der Waals surface area contributed by atoms with Crippen LogP contribution in [0.15, 0.2) is 231 Å². The lowest BCUT2D eigenvalue weighted by Gasteiger charge is -2.37. The van der Waals surface area contributed by atoms with Crippen LogP contribution in [0.4, 0.5) is 68.2 Å². The van der Waals surface area contributed by atoms with Crippen molar-refractivity contribution in [1.29, 1.82) is 0 Å². The molecule has 0 atom stereocenters. The molecule has 742 valence electrons. The molecule has 8 saturated carbocycles. The zero-order valence-electron chi connectivity index (χ0n) is 85.7. The summed E-state index contributed by atoms with van der Waals surface area (Å²) in [6, 6.07) is 80.3. The lowest BCUT2D eigenvalue weighted by Crippen LogP contribution is -2.25. The van der Waals surface area contributed by atoms with Gasteiger partial charge in [0.05, 0.1) is 0 Å². The molecule has 8 fully saturated rings. The second-order valence-corrected chi connectivity index (χ2v) is 45.4. The molecule has 0 aliphatic heterocycles. The van der Waals surface area contributed by atoms with Gasteiger partial charge < -0.3 is 68.8 Å². The molecule has 0 heterocycles. The van der Waals surface area contributed by atoms with Gasteiger partial charge in [0, 0.05) is 68.2 Å². The summed E-state index contributed by atoms with van der Waals surface area (Å²) in [5, 5.41) is 0. The summed E-state index contributed by atoms with van der Waals surface area (Å²) in [5.41, 5.74) is 100. The summed E-state index contributed by atoms with van der Waals surface area (Å²) in [4.78, 5) is 0. The largest absolute Gasteiger partial charge is 0.399 e. The molecule has 0 radical (unpaired) electrons. The van der Waals surface area contributed by atoms with Gasteiger partial charge in [-0.1, -0.05) is 251 Å². The van der Waals surface area contributed by atoms with E-state index in [4.69, 9.17) is 68.8 Å². The zero-order chi connectivity index (χ0) is 97.9. The van der Waals surface area contributed by atoms with Crippen molar-refractivity contribution in [2.24, 2.45) is 71.0 Å². The minimum absolute atomic E-state index is 0.718. The number of nitrogen functional groups attached to an aromatic ring is 12. The van der Waals surface area contributed by atoms with Crippen molar-refractivity contribution in [3.8, 4) is 11.1 Å². The second kappa shape index (κ2) is 51.4. The third-order valence-electron chi connectivity index (χ3n) is 33.6. The smallest absolute Gasteiger partial charge is 0.0340 e. The van der Waals surface area contributed by atoms with Gasteiger partial charge in [0.2, 0.25) is 0 Å². The molecule has 24 N–H and O–H groups in total. The van der Waals surface area contributed by atoms with Gasteiger partial charge in [-0.25, -0.2) is 0 Å². The Morgan fingerprint density at radius 2 is 0.374 bits per heavy atom. The summed E-state index contributed by atoms with van der Waals surface area (Å²) in [7, 11) is 0. The molecule has 0 bridgehead atoms. The van der Waals surface area contributed by atoms with Crippen molar-refractivity contribution in [3.05, 3.63) is 308 Å². The molecule has 0 saturated heterocycles. The van der Waals surface area contributed by atoms with E-state index in [1.807, 2.05) is 78.9 Å². The fraction of sp³-hybridized carbons (Fsp3) is 0.480. The highest BCUT2D eigenvalue weighted by Gasteiger charge is 2.34. The number of hydrogen-bond donors (Lipinski definition) is 12. The van der Waals surface area contributed by atoms with E-state index in [0.29, 0.717) is 0 Å². The van der Waals surface area contributed by atoms with Crippen molar-refractivity contribution in [2.75, 3.05) is 68.8 Å². The van der Waals surface area contributed by atoms with E-state index in [1.165, 1.54) is 296 Å². The molecule has 8 aliphatic rings. The number of aryl methyl sites for hydroxylation is 1. The van der Waals surface area contributed by atoms with Crippen molar-refractivity contribution >= 4 is 68.2 Å². The Morgan fingerprint density at radius 3 is 0.655 bits per heavy atom. The Balaban J connectivity index is 0.000000134. The van der Waals surface area contributed by atoms with Crippen LogP contribution in [0.5, 0.6) is 0 Å². The van der Waals surface area contributed by atoms with Crippen LogP contribution in [0.25, 0.3) is 11.1 Å². The Hall–Kier alpha value is -11.0. The summed E-state index contributed by atoms with van der Waals surface area (Å²) >= 11 is 0. The van der Waals surface area contributed by atoms with Crippen LogP contribution in [-0.4, -0.2) is 0 Å². The predicted molar refractivity (Wildman–Crippen MR) is 601 cm³/mol. The third-order valence-corrected chi connectivity index (χ3v) is 33.6. The molecule has 0 spiro atoms. The van der Waals surface area contributed by atoms with E-state index < -0.39 is 0 Å². The Bertz CT molecular complexity index is 5400. The van der Waals surface area contributed by atoms with Crippen molar-refractivity contribution in [1.82, 2.24) is 0 Å². The van der Waals surface area contributed by atoms with E-state index in [1.54, 1.807) is 18.2 Å². The first-order chi connectivity index (χ1) is 67.1. The fourth-order valence-electron chi connectivity index (χ4n) is 25.1. The minimum atomic E-state index is 0.718. The van der Waals surface area contributed by atoms with Gasteiger partial charge >= 0.3 is 0 Å². The van der Waals surface area contributed by atoms with Gasteiger partial charge in [-0.3, -0.25) is 0 Å². The number of rotatable bonds is 20. The van der Waals surface area contributed by atoms with Crippen molar-refractivity contribution < 1.29 is 0 Å². The van der Waals surface area contributed by atoms with Gasteiger partial charge in [-0.05, 0) is 455 Å². The van der Waals surface area contributed by atoms with Crippen molar-refractivity contribution in [3.63, 3.8) is 0 Å². The van der Waals surface area contributed by atoms with Gasteiger partial charge in [0.15, 0.2) is 0 Å². The van der Waals surface area contributed by atoms with Crippen LogP contribution in [0.3, 0.4) is 0 Å². The molecular formula is C127H174N12. The topological polar surface area (TPSA) is 312 Å². The first-order valence-corrected chi connectivity index (χ1v) is 54.4. The Morgan fingerprint density at radius 1 is 0.180 bits per heavy atom. The van der Waals surface area contributed by atoms with Crippen LogP contribution in [-0.2, 0) is 32.1 Å². The average Bonchev–Trinajstić information content (AvgIpc) is 0.775. The van der Waals surface area contributed by atoms with E-state index in [2.05, 4.69) is 175 Å². The van der Waals surface area contributed by atoms with E-state index in [0.717, 1.165) is 206 Å². The molecule has 19 rings (SSSR count). The van der Waals surface area contributed by atoms with Gasteiger partial charge in [0.1, 0.15) is 0 Å².